The first kappa shape index (κ1) is 19.5. The number of amides is 2. The van der Waals surface area contributed by atoms with Crippen LogP contribution in [-0.2, 0) is 9.59 Å². The molecule has 28 heavy (non-hydrogen) atoms. The molecular weight excluding hydrogens is 380 g/mol. The first-order valence-electron chi connectivity index (χ1n) is 8.70. The van der Waals surface area contributed by atoms with Crippen LogP contribution in [0.2, 0.25) is 0 Å². The largest absolute Gasteiger partial charge is 0.478 e. The van der Waals surface area contributed by atoms with Gasteiger partial charge in [0.25, 0.3) is 11.8 Å². The van der Waals surface area contributed by atoms with E-state index in [1.807, 2.05) is 0 Å². The molecule has 1 aliphatic heterocycles. The van der Waals surface area contributed by atoms with Crippen LogP contribution in [0.1, 0.15) is 30.0 Å². The van der Waals surface area contributed by atoms with Crippen molar-refractivity contribution in [1.82, 2.24) is 9.80 Å². The summed E-state index contributed by atoms with van der Waals surface area (Å²) in [5.41, 5.74) is 0.687. The second kappa shape index (κ2) is 7.77. The molecule has 0 unspecified atom stereocenters. The van der Waals surface area contributed by atoms with Crippen LogP contribution in [0.25, 0.3) is 17.4 Å². The third kappa shape index (κ3) is 3.46. The first-order chi connectivity index (χ1) is 13.4. The van der Waals surface area contributed by atoms with E-state index in [-0.39, 0.29) is 16.2 Å². The van der Waals surface area contributed by atoms with E-state index in [9.17, 15) is 14.4 Å². The molecule has 0 atom stereocenters. The Morgan fingerprint density at radius 1 is 1.11 bits per heavy atom. The summed E-state index contributed by atoms with van der Waals surface area (Å²) >= 11 is 5.23. The lowest BCUT2D eigenvalue weighted by molar-refractivity contribution is -0.133. The second-order valence-corrected chi connectivity index (χ2v) is 6.39. The lowest BCUT2D eigenvalue weighted by atomic mass is 10.1. The van der Waals surface area contributed by atoms with Crippen molar-refractivity contribution in [2.45, 2.75) is 13.8 Å². The van der Waals surface area contributed by atoms with Gasteiger partial charge in [0, 0.05) is 18.7 Å². The van der Waals surface area contributed by atoms with Crippen molar-refractivity contribution in [3.63, 3.8) is 0 Å². The smallest absolute Gasteiger partial charge is 0.335 e. The summed E-state index contributed by atoms with van der Waals surface area (Å²) in [6.07, 6.45) is 1.39. The van der Waals surface area contributed by atoms with Crippen LogP contribution in [0.4, 0.5) is 0 Å². The Morgan fingerprint density at radius 3 is 2.32 bits per heavy atom. The number of likely N-dealkylation sites (N-methyl/N-ethyl adjacent to an activating group) is 2. The molecule has 0 bridgehead atoms. The number of hydrogen-bond acceptors (Lipinski definition) is 5. The summed E-state index contributed by atoms with van der Waals surface area (Å²) in [5.74, 6) is -1.22. The summed E-state index contributed by atoms with van der Waals surface area (Å²) < 4.78 is 5.72. The van der Waals surface area contributed by atoms with Crippen molar-refractivity contribution in [3.05, 3.63) is 53.3 Å². The number of aromatic carboxylic acids is 1. The molecule has 1 N–H and O–H groups in total. The highest BCUT2D eigenvalue weighted by atomic mass is 32.1. The van der Waals surface area contributed by atoms with Crippen molar-refractivity contribution in [2.24, 2.45) is 0 Å². The zero-order chi connectivity index (χ0) is 20.4. The fourth-order valence-corrected chi connectivity index (χ4v) is 3.34. The zero-order valence-electron chi connectivity index (χ0n) is 15.3. The number of carboxylic acids is 1. The van der Waals surface area contributed by atoms with E-state index in [1.54, 1.807) is 38.1 Å². The van der Waals surface area contributed by atoms with Crippen LogP contribution in [0.3, 0.4) is 0 Å². The van der Waals surface area contributed by atoms with Gasteiger partial charge in [0.1, 0.15) is 17.1 Å². The molecular formula is C20H18N2O5S. The Labute approximate surface area is 166 Å². The standard InChI is InChI=1S/C20H18N2O5S/c1-3-21-17(23)15(18(24)22(4-2)20(21)28)11-14-8-9-16(27-14)12-6-5-7-13(10-12)19(25)26/h5-11H,3-4H2,1-2H3,(H,25,26). The minimum Gasteiger partial charge on any atom is -0.478 e. The topological polar surface area (TPSA) is 91.1 Å². The summed E-state index contributed by atoms with van der Waals surface area (Å²) in [6.45, 7) is 4.27. The number of nitrogens with zero attached hydrogens (tertiary/aromatic N) is 2. The summed E-state index contributed by atoms with van der Waals surface area (Å²) in [5, 5.41) is 9.32. The van der Waals surface area contributed by atoms with E-state index in [0.717, 1.165) is 0 Å². The Bertz CT molecular complexity index is 980. The minimum absolute atomic E-state index is 0.0301. The summed E-state index contributed by atoms with van der Waals surface area (Å²) in [4.78, 5) is 39.2. The van der Waals surface area contributed by atoms with Crippen molar-refractivity contribution < 1.29 is 23.9 Å². The second-order valence-electron chi connectivity index (χ2n) is 6.03. The van der Waals surface area contributed by atoms with E-state index in [1.165, 1.54) is 28.0 Å². The van der Waals surface area contributed by atoms with Gasteiger partial charge in [-0.2, -0.15) is 0 Å². The van der Waals surface area contributed by atoms with Gasteiger partial charge >= 0.3 is 5.97 Å². The van der Waals surface area contributed by atoms with Gasteiger partial charge in [-0.15, -0.1) is 0 Å². The van der Waals surface area contributed by atoms with E-state index in [2.05, 4.69) is 0 Å². The Morgan fingerprint density at radius 2 is 1.75 bits per heavy atom. The SMILES string of the molecule is CCN1C(=O)C(=Cc2ccc(-c3cccc(C(=O)O)c3)o2)C(=O)N(CC)C1=S. The Hall–Kier alpha value is -3.26. The molecule has 2 aromatic rings. The maximum atomic E-state index is 12.7. The lowest BCUT2D eigenvalue weighted by Gasteiger charge is -2.35. The monoisotopic (exact) mass is 398 g/mol. The third-order valence-corrected chi connectivity index (χ3v) is 4.79. The van der Waals surface area contributed by atoms with Crippen LogP contribution in [0.15, 0.2) is 46.4 Å². The predicted octanol–water partition coefficient (Wildman–Crippen LogP) is 3.02. The number of benzene rings is 1. The molecule has 0 radical (unpaired) electrons. The molecule has 3 rings (SSSR count). The molecule has 0 saturated carbocycles. The van der Waals surface area contributed by atoms with Crippen LogP contribution in [0.5, 0.6) is 0 Å². The first-order valence-corrected chi connectivity index (χ1v) is 9.11. The number of rotatable bonds is 5. The van der Waals surface area contributed by atoms with E-state index in [4.69, 9.17) is 21.7 Å². The molecule has 1 aliphatic rings. The highest BCUT2D eigenvalue weighted by Gasteiger charge is 2.38. The average Bonchev–Trinajstić information content (AvgIpc) is 3.15. The number of carbonyl (C=O) groups excluding carboxylic acids is 2. The number of furan rings is 1. The van der Waals surface area contributed by atoms with Crippen molar-refractivity contribution in [1.29, 1.82) is 0 Å². The van der Waals surface area contributed by atoms with Crippen LogP contribution in [-0.4, -0.2) is 50.9 Å². The highest BCUT2D eigenvalue weighted by molar-refractivity contribution is 7.80. The lowest BCUT2D eigenvalue weighted by Crippen LogP contribution is -2.55. The fraction of sp³-hybridized carbons (Fsp3) is 0.200. The number of thiocarbonyl (C=S) groups is 1. The van der Waals surface area contributed by atoms with Gasteiger partial charge in [0.05, 0.1) is 5.56 Å². The molecule has 1 aromatic heterocycles. The van der Waals surface area contributed by atoms with Crippen molar-refractivity contribution in [2.75, 3.05) is 13.1 Å². The average molecular weight is 398 g/mol. The number of carbonyl (C=O) groups is 3. The minimum atomic E-state index is -1.04. The van der Waals surface area contributed by atoms with E-state index >= 15 is 0 Å². The Kier molecular flexibility index (Phi) is 5.41. The van der Waals surface area contributed by atoms with Crippen LogP contribution in [0, 0.1) is 0 Å². The molecule has 144 valence electrons. The van der Waals surface area contributed by atoms with Crippen molar-refractivity contribution in [3.8, 4) is 11.3 Å². The van der Waals surface area contributed by atoms with Gasteiger partial charge in [-0.3, -0.25) is 19.4 Å². The van der Waals surface area contributed by atoms with Gasteiger partial charge in [-0.1, -0.05) is 12.1 Å². The van der Waals surface area contributed by atoms with Gasteiger partial charge in [0.2, 0.25) is 0 Å². The molecule has 2 heterocycles. The van der Waals surface area contributed by atoms with Gasteiger partial charge < -0.3 is 9.52 Å². The maximum Gasteiger partial charge on any atom is 0.335 e. The summed E-state index contributed by atoms with van der Waals surface area (Å²) in [6, 6.07) is 9.59. The van der Waals surface area contributed by atoms with Crippen LogP contribution >= 0.6 is 12.2 Å². The Balaban J connectivity index is 1.96. The third-order valence-electron chi connectivity index (χ3n) is 4.35. The van der Waals surface area contributed by atoms with E-state index < -0.39 is 17.8 Å². The normalized spacial score (nSPS) is 14.6. The van der Waals surface area contributed by atoms with Crippen molar-refractivity contribution >= 4 is 41.2 Å². The molecule has 8 heteroatoms. The van der Waals surface area contributed by atoms with Gasteiger partial charge in [0.15, 0.2) is 5.11 Å². The molecule has 1 fully saturated rings. The predicted molar refractivity (Wildman–Crippen MR) is 106 cm³/mol. The molecule has 7 nitrogen and oxygen atoms in total. The molecule has 2 amide bonds. The molecule has 1 aromatic carbocycles. The number of carboxylic acid groups (broad SMARTS) is 1. The van der Waals surface area contributed by atoms with Crippen LogP contribution < -0.4 is 0 Å². The zero-order valence-corrected chi connectivity index (χ0v) is 16.2. The maximum absolute atomic E-state index is 12.7. The van der Waals surface area contributed by atoms with Gasteiger partial charge in [-0.05, 0) is 56.4 Å². The molecule has 0 spiro atoms. The molecule has 1 saturated heterocycles. The fourth-order valence-electron chi connectivity index (χ4n) is 2.92. The van der Waals surface area contributed by atoms with E-state index in [0.29, 0.717) is 30.2 Å². The summed E-state index contributed by atoms with van der Waals surface area (Å²) in [7, 11) is 0. The van der Waals surface area contributed by atoms with Gasteiger partial charge in [-0.25, -0.2) is 4.79 Å². The molecule has 0 aliphatic carbocycles. The highest BCUT2D eigenvalue weighted by Crippen LogP contribution is 2.26. The quantitative estimate of drug-likeness (QED) is 0.473. The number of hydrogen-bond donors (Lipinski definition) is 1.